The van der Waals surface area contributed by atoms with E-state index in [2.05, 4.69) is 20.2 Å². The van der Waals surface area contributed by atoms with Gasteiger partial charge in [-0.2, -0.15) is 0 Å². The topological polar surface area (TPSA) is 70.1 Å². The maximum Gasteiger partial charge on any atom is 0.410 e. The highest BCUT2D eigenvalue weighted by atomic mass is 127. The molecule has 1 amide bonds. The summed E-state index contributed by atoms with van der Waals surface area (Å²) in [4.78, 5) is 25.5. The minimum absolute atomic E-state index is 0. The lowest BCUT2D eigenvalue weighted by atomic mass is 9.96. The number of piperidine rings is 1. The van der Waals surface area contributed by atoms with Gasteiger partial charge in [0.1, 0.15) is 5.60 Å². The van der Waals surface area contributed by atoms with E-state index in [0.717, 1.165) is 49.8 Å². The zero-order valence-corrected chi connectivity index (χ0v) is 21.6. The molecule has 0 unspecified atom stereocenters. The molecule has 0 radical (unpaired) electrons. The van der Waals surface area contributed by atoms with Gasteiger partial charge in [-0.05, 0) is 65.5 Å². The Morgan fingerprint density at radius 3 is 2.53 bits per heavy atom. The highest BCUT2D eigenvalue weighted by molar-refractivity contribution is 14.0. The van der Waals surface area contributed by atoms with E-state index in [9.17, 15) is 4.79 Å². The molecule has 1 fully saturated rings. The Bertz CT molecular complexity index is 697. The molecule has 0 aromatic carbocycles. The number of pyridine rings is 1. The molecule has 1 aliphatic heterocycles. The number of likely N-dealkylation sites (tertiary alicyclic amines) is 1. The molecule has 0 aliphatic carbocycles. The number of hydrogen-bond acceptors (Lipinski definition) is 4. The second-order valence-electron chi connectivity index (χ2n) is 8.62. The average Bonchev–Trinajstić information content (AvgIpc) is 2.66. The fourth-order valence-electron chi connectivity index (χ4n) is 3.50. The molecule has 1 aliphatic rings. The zero-order chi connectivity index (χ0) is 21.4. The van der Waals surface area contributed by atoms with Crippen molar-refractivity contribution in [2.45, 2.75) is 59.6 Å². The molecule has 2 heterocycles. The minimum Gasteiger partial charge on any atom is -0.444 e. The molecule has 1 N–H and O–H groups in total. The molecule has 7 nitrogen and oxygen atoms in total. The van der Waals surface area contributed by atoms with E-state index in [-0.39, 0.29) is 30.1 Å². The molecule has 2 rings (SSSR count). The number of hydrogen-bond donors (Lipinski definition) is 1. The van der Waals surface area contributed by atoms with Crippen LogP contribution in [0.3, 0.4) is 0 Å². The average molecular weight is 531 g/mol. The Balaban J connectivity index is 0.00000450. The van der Waals surface area contributed by atoms with Crippen LogP contribution in [-0.4, -0.2) is 65.7 Å². The van der Waals surface area contributed by atoms with Gasteiger partial charge in [0.15, 0.2) is 5.96 Å². The first kappa shape index (κ1) is 26.5. The molecular weight excluding hydrogens is 493 g/mol. The van der Waals surface area contributed by atoms with Gasteiger partial charge < -0.3 is 19.9 Å². The molecular formula is C22H38IN5O2. The smallest absolute Gasteiger partial charge is 0.410 e. The van der Waals surface area contributed by atoms with Crippen LogP contribution in [0.5, 0.6) is 0 Å². The second kappa shape index (κ2) is 12.3. The second-order valence-corrected chi connectivity index (χ2v) is 8.62. The van der Waals surface area contributed by atoms with Crippen LogP contribution in [0, 0.1) is 12.8 Å². The summed E-state index contributed by atoms with van der Waals surface area (Å²) < 4.78 is 5.53. The molecule has 0 saturated carbocycles. The van der Waals surface area contributed by atoms with Crippen molar-refractivity contribution >= 4 is 36.0 Å². The lowest BCUT2D eigenvalue weighted by Gasteiger charge is -2.36. The van der Waals surface area contributed by atoms with Crippen LogP contribution in [0.25, 0.3) is 0 Å². The first-order valence-corrected chi connectivity index (χ1v) is 10.6. The molecule has 1 saturated heterocycles. The predicted molar refractivity (Wildman–Crippen MR) is 132 cm³/mol. The van der Waals surface area contributed by atoms with Gasteiger partial charge in [-0.3, -0.25) is 9.98 Å². The van der Waals surface area contributed by atoms with Gasteiger partial charge in [0.25, 0.3) is 0 Å². The maximum absolute atomic E-state index is 12.4. The number of nitrogens with zero attached hydrogens (tertiary/aromatic N) is 4. The van der Waals surface area contributed by atoms with Crippen molar-refractivity contribution in [1.82, 2.24) is 20.1 Å². The van der Waals surface area contributed by atoms with Crippen molar-refractivity contribution in [1.29, 1.82) is 0 Å². The third kappa shape index (κ3) is 8.65. The third-order valence-electron chi connectivity index (χ3n) is 5.01. The van der Waals surface area contributed by atoms with E-state index in [4.69, 9.17) is 4.74 Å². The molecule has 0 atom stereocenters. The highest BCUT2D eigenvalue weighted by Crippen LogP contribution is 2.20. The number of aliphatic imine (C=N–C) groups is 1. The van der Waals surface area contributed by atoms with Crippen LogP contribution in [-0.2, 0) is 11.3 Å². The number of aryl methyl sites for hydroxylation is 1. The summed E-state index contributed by atoms with van der Waals surface area (Å²) in [5.41, 5.74) is 1.57. The van der Waals surface area contributed by atoms with Crippen LogP contribution in [0.2, 0.25) is 0 Å². The quantitative estimate of drug-likeness (QED) is 0.353. The first-order chi connectivity index (χ1) is 13.7. The van der Waals surface area contributed by atoms with Gasteiger partial charge in [0.2, 0.25) is 0 Å². The van der Waals surface area contributed by atoms with Gasteiger partial charge in [-0.25, -0.2) is 4.79 Å². The number of rotatable bonds is 5. The largest absolute Gasteiger partial charge is 0.444 e. The minimum atomic E-state index is -0.460. The van der Waals surface area contributed by atoms with Gasteiger partial charge >= 0.3 is 6.09 Å². The van der Waals surface area contributed by atoms with Crippen LogP contribution >= 0.6 is 24.0 Å². The summed E-state index contributed by atoms with van der Waals surface area (Å²) in [7, 11) is 1.82. The van der Waals surface area contributed by atoms with Crippen molar-refractivity contribution in [2.24, 2.45) is 10.9 Å². The summed E-state index contributed by atoms with van der Waals surface area (Å²) in [5.74, 6) is 1.39. The van der Waals surface area contributed by atoms with Crippen LogP contribution in [0.1, 0.15) is 51.9 Å². The zero-order valence-electron chi connectivity index (χ0n) is 19.3. The summed E-state index contributed by atoms with van der Waals surface area (Å²) in [6, 6.07) is 6.05. The number of ether oxygens (including phenoxy) is 1. The van der Waals surface area contributed by atoms with Crippen molar-refractivity contribution in [3.63, 3.8) is 0 Å². The van der Waals surface area contributed by atoms with E-state index in [1.807, 2.05) is 64.8 Å². The fourth-order valence-corrected chi connectivity index (χ4v) is 3.50. The fraction of sp³-hybridized carbons (Fsp3) is 0.682. The van der Waals surface area contributed by atoms with Crippen molar-refractivity contribution < 1.29 is 9.53 Å². The first-order valence-electron chi connectivity index (χ1n) is 10.6. The number of nitrogens with one attached hydrogen (secondary N) is 1. The van der Waals surface area contributed by atoms with Gasteiger partial charge in [-0.1, -0.05) is 6.07 Å². The monoisotopic (exact) mass is 531 g/mol. The SMILES string of the molecule is CCN(CC1CCN(C(=NC)NCc2cccc(C)n2)CC1)C(=O)OC(C)(C)C.I. The molecule has 170 valence electrons. The van der Waals surface area contributed by atoms with E-state index in [1.54, 1.807) is 0 Å². The standard InChI is InChI=1S/C22H37N5O2.HI/c1-7-26(21(28)29-22(3,4)5)16-18-11-13-27(14-12-18)20(23-6)24-15-19-10-8-9-17(2)25-19;/h8-10,18H,7,11-16H2,1-6H3,(H,23,24);1H. The normalized spacial score (nSPS) is 15.4. The van der Waals surface area contributed by atoms with Crippen LogP contribution in [0.15, 0.2) is 23.2 Å². The number of halogens is 1. The Hall–Kier alpha value is -1.58. The summed E-state index contributed by atoms with van der Waals surface area (Å²) in [6.07, 6.45) is 1.84. The van der Waals surface area contributed by atoms with Crippen LogP contribution < -0.4 is 5.32 Å². The van der Waals surface area contributed by atoms with Crippen molar-refractivity contribution in [2.75, 3.05) is 33.2 Å². The number of aromatic nitrogens is 1. The maximum atomic E-state index is 12.4. The summed E-state index contributed by atoms with van der Waals surface area (Å²) in [6.45, 7) is 13.7. The lowest BCUT2D eigenvalue weighted by Crippen LogP contribution is -2.47. The molecule has 0 bridgehead atoms. The van der Waals surface area contributed by atoms with E-state index in [0.29, 0.717) is 19.0 Å². The molecule has 1 aromatic heterocycles. The number of carbonyl (C=O) groups excluding carboxylic acids is 1. The predicted octanol–water partition coefficient (Wildman–Crippen LogP) is 4.05. The third-order valence-corrected chi connectivity index (χ3v) is 5.01. The van der Waals surface area contributed by atoms with Crippen molar-refractivity contribution in [3.05, 3.63) is 29.6 Å². The molecule has 30 heavy (non-hydrogen) atoms. The van der Waals surface area contributed by atoms with Crippen LogP contribution in [0.4, 0.5) is 4.79 Å². The molecule has 0 spiro atoms. The van der Waals surface area contributed by atoms with Gasteiger partial charge in [0.05, 0.1) is 12.2 Å². The Labute approximate surface area is 198 Å². The summed E-state index contributed by atoms with van der Waals surface area (Å²) >= 11 is 0. The number of guanidine groups is 1. The molecule has 1 aromatic rings. The van der Waals surface area contributed by atoms with Gasteiger partial charge in [-0.15, -0.1) is 24.0 Å². The molecule has 8 heteroatoms. The van der Waals surface area contributed by atoms with E-state index < -0.39 is 5.60 Å². The highest BCUT2D eigenvalue weighted by Gasteiger charge is 2.27. The van der Waals surface area contributed by atoms with E-state index in [1.165, 1.54) is 0 Å². The Morgan fingerprint density at radius 1 is 1.33 bits per heavy atom. The number of amides is 1. The number of carbonyl (C=O) groups is 1. The van der Waals surface area contributed by atoms with Crippen molar-refractivity contribution in [3.8, 4) is 0 Å². The Kier molecular flexibility index (Phi) is 10.9. The van der Waals surface area contributed by atoms with E-state index >= 15 is 0 Å². The van der Waals surface area contributed by atoms with Gasteiger partial charge in [0, 0.05) is 38.9 Å². The Morgan fingerprint density at radius 2 is 2.00 bits per heavy atom. The summed E-state index contributed by atoms with van der Waals surface area (Å²) in [5, 5.41) is 3.42. The lowest BCUT2D eigenvalue weighted by molar-refractivity contribution is 0.0214.